The van der Waals surface area contributed by atoms with Gasteiger partial charge in [-0.25, -0.2) is 4.79 Å². The molecule has 0 saturated carbocycles. The van der Waals surface area contributed by atoms with E-state index in [-0.39, 0.29) is 5.91 Å². The van der Waals surface area contributed by atoms with Gasteiger partial charge in [0.15, 0.2) is 6.04 Å². The molecule has 3 unspecified atom stereocenters. The van der Waals surface area contributed by atoms with Crippen LogP contribution in [-0.4, -0.2) is 60.6 Å². The summed E-state index contributed by atoms with van der Waals surface area (Å²) in [5.41, 5.74) is 0.956. The third-order valence-electron chi connectivity index (χ3n) is 4.42. The van der Waals surface area contributed by atoms with Crippen molar-refractivity contribution < 1.29 is 19.4 Å². The number of aliphatic hydroxyl groups is 1. The number of carbonyl (C=O) groups is 2. The Morgan fingerprint density at radius 3 is 2.60 bits per heavy atom. The second-order valence-corrected chi connectivity index (χ2v) is 6.61. The highest BCUT2D eigenvalue weighted by atomic mass is 35.5. The first kappa shape index (κ1) is 19.3. The molecule has 1 saturated heterocycles. The van der Waals surface area contributed by atoms with E-state index in [2.05, 4.69) is 6.58 Å². The highest BCUT2D eigenvalue weighted by molar-refractivity contribution is 6.31. The van der Waals surface area contributed by atoms with Crippen LogP contribution in [0, 0.1) is 5.92 Å². The van der Waals surface area contributed by atoms with Crippen molar-refractivity contribution in [2.75, 3.05) is 27.7 Å². The fourth-order valence-electron chi connectivity index (χ4n) is 3.09. The zero-order chi connectivity index (χ0) is 18.7. The molecule has 1 aliphatic heterocycles. The van der Waals surface area contributed by atoms with Gasteiger partial charge in [0, 0.05) is 36.9 Å². The fraction of sp³-hybridized carbons (Fsp3) is 0.444. The highest BCUT2D eigenvalue weighted by Crippen LogP contribution is 2.37. The quantitative estimate of drug-likeness (QED) is 0.823. The van der Waals surface area contributed by atoms with Crippen molar-refractivity contribution in [2.45, 2.75) is 18.6 Å². The van der Waals surface area contributed by atoms with Gasteiger partial charge in [-0.1, -0.05) is 36.4 Å². The summed E-state index contributed by atoms with van der Waals surface area (Å²) in [4.78, 5) is 28.1. The Kier molecular flexibility index (Phi) is 6.08. The van der Waals surface area contributed by atoms with Crippen molar-refractivity contribution >= 4 is 23.5 Å². The third-order valence-corrected chi connectivity index (χ3v) is 4.77. The predicted octanol–water partition coefficient (Wildman–Crippen LogP) is 1.84. The first-order valence-electron chi connectivity index (χ1n) is 7.96. The van der Waals surface area contributed by atoms with E-state index in [0.29, 0.717) is 29.2 Å². The maximum atomic E-state index is 12.5. The Balaban J connectivity index is 2.44. The topological polar surface area (TPSA) is 70.1 Å². The molecule has 25 heavy (non-hydrogen) atoms. The monoisotopic (exact) mass is 366 g/mol. The van der Waals surface area contributed by atoms with Gasteiger partial charge in [0.05, 0.1) is 13.2 Å². The lowest BCUT2D eigenvalue weighted by atomic mass is 9.88. The summed E-state index contributed by atoms with van der Waals surface area (Å²) < 4.78 is 4.96. The normalized spacial score (nSPS) is 21.6. The van der Waals surface area contributed by atoms with Gasteiger partial charge in [-0.15, -0.1) is 0 Å². The molecule has 3 atom stereocenters. The maximum Gasteiger partial charge on any atom is 0.333 e. The molecule has 0 aromatic heterocycles. The minimum absolute atomic E-state index is 0.259. The molecule has 1 aromatic rings. The number of hydrogen-bond acceptors (Lipinski definition) is 5. The van der Waals surface area contributed by atoms with Crippen LogP contribution in [0.15, 0.2) is 36.5 Å². The van der Waals surface area contributed by atoms with E-state index in [4.69, 9.17) is 16.3 Å². The standard InChI is InChI=1S/C18H23ClN2O4/c1-11-15(17(23)20(2)3)14(22)9-10-21(11)16(18(24)25-4)12-7-5-6-8-13(12)19/h5-8,14-16,22H,1,9-10H2,2-4H3. The third kappa shape index (κ3) is 3.80. The van der Waals surface area contributed by atoms with Crippen LogP contribution in [0.5, 0.6) is 0 Å². The number of nitrogens with zero attached hydrogens (tertiary/aromatic N) is 2. The number of likely N-dealkylation sites (tertiary alicyclic amines) is 1. The second kappa shape index (κ2) is 7.89. The minimum Gasteiger partial charge on any atom is -0.467 e. The molecule has 2 rings (SSSR count). The van der Waals surface area contributed by atoms with E-state index in [9.17, 15) is 14.7 Å². The highest BCUT2D eigenvalue weighted by Gasteiger charge is 2.42. The zero-order valence-corrected chi connectivity index (χ0v) is 15.4. The number of piperidine rings is 1. The molecule has 0 bridgehead atoms. The number of ether oxygens (including phenoxy) is 1. The molecule has 1 aromatic carbocycles. The van der Waals surface area contributed by atoms with Crippen LogP contribution in [0.3, 0.4) is 0 Å². The lowest BCUT2D eigenvalue weighted by Gasteiger charge is -2.43. The number of carbonyl (C=O) groups excluding carboxylic acids is 2. The molecule has 6 nitrogen and oxygen atoms in total. The van der Waals surface area contributed by atoms with E-state index < -0.39 is 24.0 Å². The molecule has 0 radical (unpaired) electrons. The number of hydrogen-bond donors (Lipinski definition) is 1. The van der Waals surface area contributed by atoms with Crippen LogP contribution in [0.1, 0.15) is 18.0 Å². The van der Waals surface area contributed by atoms with Gasteiger partial charge in [0.25, 0.3) is 0 Å². The smallest absolute Gasteiger partial charge is 0.333 e. The molecule has 0 aliphatic carbocycles. The van der Waals surface area contributed by atoms with E-state index in [1.807, 2.05) is 0 Å². The van der Waals surface area contributed by atoms with E-state index in [1.165, 1.54) is 12.0 Å². The lowest BCUT2D eigenvalue weighted by Crippen LogP contribution is -2.50. The van der Waals surface area contributed by atoms with Crippen molar-refractivity contribution in [2.24, 2.45) is 5.92 Å². The molecule has 7 heteroatoms. The van der Waals surface area contributed by atoms with Crippen LogP contribution in [0.2, 0.25) is 5.02 Å². The molecular weight excluding hydrogens is 344 g/mol. The number of esters is 1. The molecule has 1 aliphatic rings. The molecular formula is C18H23ClN2O4. The first-order valence-corrected chi connectivity index (χ1v) is 8.34. The van der Waals surface area contributed by atoms with Gasteiger partial charge >= 0.3 is 5.97 Å². The van der Waals surface area contributed by atoms with Crippen molar-refractivity contribution in [1.82, 2.24) is 9.80 Å². The average molecular weight is 367 g/mol. The van der Waals surface area contributed by atoms with Gasteiger partial charge < -0.3 is 19.6 Å². The summed E-state index contributed by atoms with van der Waals surface area (Å²) >= 11 is 6.28. The van der Waals surface area contributed by atoms with E-state index in [0.717, 1.165) is 0 Å². The number of halogens is 1. The zero-order valence-electron chi connectivity index (χ0n) is 14.6. The molecule has 1 amide bonds. The van der Waals surface area contributed by atoms with Crippen LogP contribution < -0.4 is 0 Å². The molecule has 1 fully saturated rings. The number of methoxy groups -OCH3 is 1. The largest absolute Gasteiger partial charge is 0.467 e. The van der Waals surface area contributed by atoms with Crippen molar-refractivity contribution in [3.8, 4) is 0 Å². The van der Waals surface area contributed by atoms with Crippen molar-refractivity contribution in [1.29, 1.82) is 0 Å². The van der Waals surface area contributed by atoms with Crippen LogP contribution in [-0.2, 0) is 14.3 Å². The summed E-state index contributed by atoms with van der Waals surface area (Å²) in [6.45, 7) is 4.35. The minimum atomic E-state index is -0.844. The summed E-state index contributed by atoms with van der Waals surface area (Å²) in [6.07, 6.45) is -0.510. The lowest BCUT2D eigenvalue weighted by molar-refractivity contribution is -0.149. The molecule has 1 N–H and O–H groups in total. The van der Waals surface area contributed by atoms with E-state index >= 15 is 0 Å². The van der Waals surface area contributed by atoms with Gasteiger partial charge in [0.1, 0.15) is 5.92 Å². The first-order chi connectivity index (χ1) is 11.8. The van der Waals surface area contributed by atoms with Gasteiger partial charge in [-0.3, -0.25) is 4.79 Å². The van der Waals surface area contributed by atoms with Crippen LogP contribution in [0.25, 0.3) is 0 Å². The Labute approximate surface area is 152 Å². The Morgan fingerprint density at radius 1 is 1.40 bits per heavy atom. The van der Waals surface area contributed by atoms with Crippen LogP contribution in [0.4, 0.5) is 0 Å². The summed E-state index contributed by atoms with van der Waals surface area (Å²) in [5, 5.41) is 10.7. The SMILES string of the molecule is C=C1C(C(=O)N(C)C)C(O)CCN1C(C(=O)OC)c1ccccc1Cl. The Morgan fingerprint density at radius 2 is 2.04 bits per heavy atom. The van der Waals surface area contributed by atoms with Crippen LogP contribution >= 0.6 is 11.6 Å². The second-order valence-electron chi connectivity index (χ2n) is 6.20. The van der Waals surface area contributed by atoms with Gasteiger partial charge in [-0.2, -0.15) is 0 Å². The number of aliphatic hydroxyl groups excluding tert-OH is 1. The maximum absolute atomic E-state index is 12.5. The summed E-state index contributed by atoms with van der Waals surface area (Å²) in [6, 6.07) is 6.16. The molecule has 1 heterocycles. The predicted molar refractivity (Wildman–Crippen MR) is 94.9 cm³/mol. The number of benzene rings is 1. The molecule has 136 valence electrons. The Bertz CT molecular complexity index is 677. The fourth-order valence-corrected chi connectivity index (χ4v) is 3.33. The Hall–Kier alpha value is -2.05. The summed E-state index contributed by atoms with van der Waals surface area (Å²) in [7, 11) is 4.54. The summed E-state index contributed by atoms with van der Waals surface area (Å²) in [5.74, 6) is -1.56. The van der Waals surface area contributed by atoms with Gasteiger partial charge in [-0.05, 0) is 12.5 Å². The van der Waals surface area contributed by atoms with E-state index in [1.54, 1.807) is 43.3 Å². The number of amides is 1. The average Bonchev–Trinajstić information content (AvgIpc) is 2.58. The van der Waals surface area contributed by atoms with Crippen molar-refractivity contribution in [3.63, 3.8) is 0 Å². The van der Waals surface area contributed by atoms with Gasteiger partial charge in [0.2, 0.25) is 5.91 Å². The molecule has 0 spiro atoms. The number of rotatable bonds is 4. The van der Waals surface area contributed by atoms with Crippen molar-refractivity contribution in [3.05, 3.63) is 47.1 Å².